The molecule has 1 aromatic heterocycles. The molecule has 0 aliphatic carbocycles. The summed E-state index contributed by atoms with van der Waals surface area (Å²) in [7, 11) is 0. The highest BCUT2D eigenvalue weighted by Gasteiger charge is 2.23. The van der Waals surface area contributed by atoms with Crippen molar-refractivity contribution < 1.29 is 0 Å². The van der Waals surface area contributed by atoms with Gasteiger partial charge in [-0.1, -0.05) is 164 Å². The fourth-order valence-electron chi connectivity index (χ4n) is 8.71. The fourth-order valence-corrected chi connectivity index (χ4v) is 8.71. The molecule has 0 fully saturated rings. The molecular weight excluding hydrogens is 677 g/mol. The van der Waals surface area contributed by atoms with Crippen molar-refractivity contribution in [2.75, 3.05) is 4.90 Å². The van der Waals surface area contributed by atoms with Crippen LogP contribution in [0.1, 0.15) is 0 Å². The Hall–Kier alpha value is -7.42. The number of nitrogens with zero attached hydrogens (tertiary/aromatic N) is 2. The molecule has 0 atom stereocenters. The second-order valence-electron chi connectivity index (χ2n) is 14.5. The Morgan fingerprint density at radius 1 is 0.321 bits per heavy atom. The lowest BCUT2D eigenvalue weighted by atomic mass is 9.95. The van der Waals surface area contributed by atoms with E-state index in [1.54, 1.807) is 0 Å². The van der Waals surface area contributed by atoms with Crippen molar-refractivity contribution in [1.29, 1.82) is 0 Å². The average Bonchev–Trinajstić information content (AvgIpc) is 3.61. The summed E-state index contributed by atoms with van der Waals surface area (Å²) >= 11 is 0. The monoisotopic (exact) mass is 712 g/mol. The molecule has 2 heteroatoms. The molecule has 0 saturated carbocycles. The van der Waals surface area contributed by atoms with Gasteiger partial charge in [0.25, 0.3) is 0 Å². The van der Waals surface area contributed by atoms with Crippen molar-refractivity contribution in [1.82, 2.24) is 4.57 Å². The number of rotatable bonds is 6. The van der Waals surface area contributed by atoms with Gasteiger partial charge in [0, 0.05) is 38.6 Å². The summed E-state index contributed by atoms with van der Waals surface area (Å²) in [6.07, 6.45) is 0. The molecule has 0 aliphatic heterocycles. The SMILES string of the molecule is c1ccc(-c2ccc(N(c3ccc4ccccc4c3)c3ccc4c(c3)c3c(-c5ccccc5)cc5ccccc5c3n4-c3cccc4ccccc34)cc2)cc1. The Kier molecular flexibility index (Phi) is 7.53. The first-order chi connectivity index (χ1) is 27.8. The summed E-state index contributed by atoms with van der Waals surface area (Å²) in [5, 5.41) is 9.80. The van der Waals surface area contributed by atoms with E-state index < -0.39 is 0 Å². The number of anilines is 3. The Labute approximate surface area is 325 Å². The van der Waals surface area contributed by atoms with Crippen LogP contribution in [-0.4, -0.2) is 4.57 Å². The smallest absolute Gasteiger partial charge is 0.0625 e. The molecule has 56 heavy (non-hydrogen) atoms. The van der Waals surface area contributed by atoms with Gasteiger partial charge in [-0.25, -0.2) is 0 Å². The van der Waals surface area contributed by atoms with E-state index in [1.165, 1.54) is 82.1 Å². The first-order valence-corrected chi connectivity index (χ1v) is 19.3. The van der Waals surface area contributed by atoms with Gasteiger partial charge in [0.2, 0.25) is 0 Å². The Morgan fingerprint density at radius 2 is 0.893 bits per heavy atom. The molecule has 0 saturated heterocycles. The third kappa shape index (κ3) is 5.26. The molecule has 10 aromatic carbocycles. The summed E-state index contributed by atoms with van der Waals surface area (Å²) < 4.78 is 2.51. The normalized spacial score (nSPS) is 11.6. The van der Waals surface area contributed by atoms with Crippen LogP contribution in [0.5, 0.6) is 0 Å². The Morgan fingerprint density at radius 3 is 1.68 bits per heavy atom. The third-order valence-corrected chi connectivity index (χ3v) is 11.3. The van der Waals surface area contributed by atoms with Gasteiger partial charge in [-0.05, 0) is 98.4 Å². The van der Waals surface area contributed by atoms with Gasteiger partial charge in [0.05, 0.1) is 16.7 Å². The predicted molar refractivity (Wildman–Crippen MR) is 239 cm³/mol. The number of fused-ring (bicyclic) bond motifs is 7. The van der Waals surface area contributed by atoms with Gasteiger partial charge < -0.3 is 9.47 Å². The quantitative estimate of drug-likeness (QED) is 0.167. The van der Waals surface area contributed by atoms with Crippen molar-refractivity contribution in [3.63, 3.8) is 0 Å². The zero-order valence-corrected chi connectivity index (χ0v) is 30.7. The third-order valence-electron chi connectivity index (χ3n) is 11.3. The Bertz CT molecular complexity index is 3230. The van der Waals surface area contributed by atoms with Crippen LogP contribution in [0.25, 0.3) is 82.1 Å². The Balaban J connectivity index is 1.23. The number of hydrogen-bond donors (Lipinski definition) is 0. The van der Waals surface area contributed by atoms with E-state index in [-0.39, 0.29) is 0 Å². The molecule has 11 rings (SSSR count). The van der Waals surface area contributed by atoms with E-state index in [9.17, 15) is 0 Å². The van der Waals surface area contributed by atoms with E-state index in [0.29, 0.717) is 0 Å². The summed E-state index contributed by atoms with van der Waals surface area (Å²) in [6, 6.07) is 79.6. The van der Waals surface area contributed by atoms with Crippen molar-refractivity contribution in [3.8, 4) is 27.9 Å². The summed E-state index contributed by atoms with van der Waals surface area (Å²) in [5.74, 6) is 0. The van der Waals surface area contributed by atoms with E-state index in [1.807, 2.05) is 0 Å². The lowest BCUT2D eigenvalue weighted by molar-refractivity contribution is 1.20. The van der Waals surface area contributed by atoms with E-state index in [0.717, 1.165) is 17.1 Å². The van der Waals surface area contributed by atoms with E-state index >= 15 is 0 Å². The summed E-state index contributed by atoms with van der Waals surface area (Å²) in [5.41, 5.74) is 11.7. The molecular formula is C54H36N2. The highest BCUT2D eigenvalue weighted by Crippen LogP contribution is 2.46. The van der Waals surface area contributed by atoms with Crippen LogP contribution in [0, 0.1) is 0 Å². The first-order valence-electron chi connectivity index (χ1n) is 19.3. The molecule has 0 spiro atoms. The minimum atomic E-state index is 1.10. The number of hydrogen-bond acceptors (Lipinski definition) is 1. The maximum absolute atomic E-state index is 2.51. The van der Waals surface area contributed by atoms with Crippen molar-refractivity contribution >= 4 is 71.2 Å². The number of aromatic nitrogens is 1. The van der Waals surface area contributed by atoms with Gasteiger partial charge in [-0.3, -0.25) is 0 Å². The molecule has 1 heterocycles. The van der Waals surface area contributed by atoms with Crippen LogP contribution in [0.4, 0.5) is 17.1 Å². The lowest BCUT2D eigenvalue weighted by Crippen LogP contribution is -2.10. The molecule has 0 bridgehead atoms. The van der Waals surface area contributed by atoms with Gasteiger partial charge >= 0.3 is 0 Å². The summed E-state index contributed by atoms with van der Waals surface area (Å²) in [6.45, 7) is 0. The van der Waals surface area contributed by atoms with Gasteiger partial charge in [0.1, 0.15) is 0 Å². The highest BCUT2D eigenvalue weighted by molar-refractivity contribution is 6.25. The standard InChI is InChI=1S/C54H36N2/c1-3-14-37(15-4-1)39-26-29-44(30-27-39)55(45-31-28-38-16-7-8-20-42(38)34-45)46-32-33-52-50(36-46)53-49(41-17-5-2-6-18-41)35-43-21-10-12-24-48(43)54(53)56(52)51-25-13-22-40-19-9-11-23-47(40)51/h1-36H. The van der Waals surface area contributed by atoms with Crippen LogP contribution < -0.4 is 4.90 Å². The zero-order chi connectivity index (χ0) is 37.0. The molecule has 11 aromatic rings. The summed E-state index contributed by atoms with van der Waals surface area (Å²) in [4.78, 5) is 2.41. The second kappa shape index (κ2) is 13.2. The topological polar surface area (TPSA) is 8.17 Å². The molecule has 0 radical (unpaired) electrons. The first kappa shape index (κ1) is 32.0. The maximum atomic E-state index is 2.51. The fraction of sp³-hybridized carbons (Fsp3) is 0. The van der Waals surface area contributed by atoms with E-state index in [4.69, 9.17) is 0 Å². The van der Waals surface area contributed by atoms with Crippen LogP contribution in [0.2, 0.25) is 0 Å². The molecule has 2 nitrogen and oxygen atoms in total. The zero-order valence-electron chi connectivity index (χ0n) is 30.7. The van der Waals surface area contributed by atoms with Crippen molar-refractivity contribution in [3.05, 3.63) is 218 Å². The molecule has 262 valence electrons. The molecule has 0 unspecified atom stereocenters. The van der Waals surface area contributed by atoms with Crippen LogP contribution in [-0.2, 0) is 0 Å². The van der Waals surface area contributed by atoms with Gasteiger partial charge in [-0.15, -0.1) is 0 Å². The maximum Gasteiger partial charge on any atom is 0.0625 e. The molecule has 0 aliphatic rings. The van der Waals surface area contributed by atoms with Gasteiger partial charge in [0.15, 0.2) is 0 Å². The molecule has 0 N–H and O–H groups in total. The van der Waals surface area contributed by atoms with Gasteiger partial charge in [-0.2, -0.15) is 0 Å². The van der Waals surface area contributed by atoms with Crippen LogP contribution in [0.15, 0.2) is 218 Å². The minimum Gasteiger partial charge on any atom is -0.310 e. The van der Waals surface area contributed by atoms with Crippen molar-refractivity contribution in [2.45, 2.75) is 0 Å². The largest absolute Gasteiger partial charge is 0.310 e. The van der Waals surface area contributed by atoms with Crippen molar-refractivity contribution in [2.24, 2.45) is 0 Å². The second-order valence-corrected chi connectivity index (χ2v) is 14.5. The molecule has 0 amide bonds. The van der Waals surface area contributed by atoms with Crippen LogP contribution >= 0.6 is 0 Å². The number of benzene rings is 10. The minimum absolute atomic E-state index is 1.10. The van der Waals surface area contributed by atoms with E-state index in [2.05, 4.69) is 228 Å². The lowest BCUT2D eigenvalue weighted by Gasteiger charge is -2.26. The van der Waals surface area contributed by atoms with Crippen LogP contribution in [0.3, 0.4) is 0 Å². The highest BCUT2D eigenvalue weighted by atomic mass is 15.1. The average molecular weight is 713 g/mol. The predicted octanol–water partition coefficient (Wildman–Crippen LogP) is 15.0.